The SMILES string of the molecule is CC1(C)CC[C@H]2N1O[C@]1(C[C@@H]1Sc1ccccc1)C21CC1. The topological polar surface area (TPSA) is 12.5 Å². The van der Waals surface area contributed by atoms with Gasteiger partial charge < -0.3 is 0 Å². The number of fused-ring (bicyclic) bond motifs is 3. The highest BCUT2D eigenvalue weighted by atomic mass is 32.2. The van der Waals surface area contributed by atoms with E-state index in [1.165, 1.54) is 37.0 Å². The van der Waals surface area contributed by atoms with Crippen LogP contribution in [0.4, 0.5) is 0 Å². The maximum atomic E-state index is 6.67. The number of hydroxylamine groups is 2. The molecule has 4 fully saturated rings. The van der Waals surface area contributed by atoms with Crippen LogP contribution in [0.2, 0.25) is 0 Å². The van der Waals surface area contributed by atoms with E-state index >= 15 is 0 Å². The van der Waals surface area contributed by atoms with Crippen molar-refractivity contribution in [2.45, 2.75) is 73.3 Å². The van der Waals surface area contributed by atoms with Crippen molar-refractivity contribution in [2.75, 3.05) is 0 Å². The van der Waals surface area contributed by atoms with Crippen molar-refractivity contribution in [1.82, 2.24) is 5.06 Å². The summed E-state index contributed by atoms with van der Waals surface area (Å²) in [5.74, 6) is 0. The number of thioether (sulfide) groups is 1. The van der Waals surface area contributed by atoms with Crippen LogP contribution < -0.4 is 0 Å². The van der Waals surface area contributed by atoms with Crippen LogP contribution in [0.5, 0.6) is 0 Å². The molecule has 2 aliphatic heterocycles. The molecule has 21 heavy (non-hydrogen) atoms. The molecule has 5 rings (SSSR count). The summed E-state index contributed by atoms with van der Waals surface area (Å²) in [6, 6.07) is 11.5. The number of benzene rings is 1. The van der Waals surface area contributed by atoms with Crippen molar-refractivity contribution in [3.63, 3.8) is 0 Å². The van der Waals surface area contributed by atoms with Crippen molar-refractivity contribution < 1.29 is 4.84 Å². The third-order valence-corrected chi connectivity index (χ3v) is 7.69. The summed E-state index contributed by atoms with van der Waals surface area (Å²) >= 11 is 2.04. The molecule has 2 nitrogen and oxygen atoms in total. The van der Waals surface area contributed by atoms with Gasteiger partial charge in [-0.3, -0.25) is 4.84 Å². The third kappa shape index (κ3) is 1.58. The molecule has 0 radical (unpaired) electrons. The summed E-state index contributed by atoms with van der Waals surface area (Å²) in [5.41, 5.74) is 0.886. The Hall–Kier alpha value is -0.510. The van der Waals surface area contributed by atoms with Crippen LogP contribution in [0.25, 0.3) is 0 Å². The quantitative estimate of drug-likeness (QED) is 0.810. The lowest BCUT2D eigenvalue weighted by atomic mass is 9.88. The maximum absolute atomic E-state index is 6.67. The molecule has 2 saturated heterocycles. The predicted molar refractivity (Wildman–Crippen MR) is 85.1 cm³/mol. The number of hydrogen-bond acceptors (Lipinski definition) is 3. The predicted octanol–water partition coefficient (Wildman–Crippen LogP) is 4.26. The minimum absolute atomic E-state index is 0.163. The highest BCUT2D eigenvalue weighted by molar-refractivity contribution is 8.00. The van der Waals surface area contributed by atoms with E-state index in [4.69, 9.17) is 4.84 Å². The molecule has 1 aromatic rings. The molecule has 0 aromatic heterocycles. The zero-order valence-corrected chi connectivity index (χ0v) is 13.7. The van der Waals surface area contributed by atoms with E-state index in [1.807, 2.05) is 11.8 Å². The van der Waals surface area contributed by atoms with Gasteiger partial charge in [0.2, 0.25) is 0 Å². The van der Waals surface area contributed by atoms with E-state index in [2.05, 4.69) is 49.2 Å². The van der Waals surface area contributed by atoms with E-state index in [0.717, 1.165) is 0 Å². The molecule has 2 aliphatic carbocycles. The van der Waals surface area contributed by atoms with Gasteiger partial charge in [-0.25, -0.2) is 0 Å². The van der Waals surface area contributed by atoms with Crippen LogP contribution in [-0.4, -0.2) is 27.5 Å². The maximum Gasteiger partial charge on any atom is 0.111 e. The Morgan fingerprint density at radius 3 is 2.62 bits per heavy atom. The van der Waals surface area contributed by atoms with Crippen LogP contribution in [-0.2, 0) is 4.84 Å². The second kappa shape index (κ2) is 3.87. The van der Waals surface area contributed by atoms with Gasteiger partial charge in [-0.1, -0.05) is 18.2 Å². The minimum atomic E-state index is 0.163. The summed E-state index contributed by atoms with van der Waals surface area (Å²) in [5, 5.41) is 3.06. The minimum Gasteiger partial charge on any atom is -0.290 e. The van der Waals surface area contributed by atoms with Gasteiger partial charge in [-0.2, -0.15) is 5.06 Å². The first-order chi connectivity index (χ1) is 10.1. The van der Waals surface area contributed by atoms with Gasteiger partial charge in [0.15, 0.2) is 0 Å². The smallest absolute Gasteiger partial charge is 0.111 e. The Kier molecular flexibility index (Phi) is 2.39. The van der Waals surface area contributed by atoms with E-state index in [9.17, 15) is 0 Å². The lowest BCUT2D eigenvalue weighted by Gasteiger charge is -2.30. The second-order valence-electron chi connectivity index (χ2n) is 7.95. The van der Waals surface area contributed by atoms with Gasteiger partial charge in [-0.05, 0) is 58.1 Å². The standard InChI is InChI=1S/C18H23NOS/c1-16(2)9-8-14-17(10-11-17)18(20-19(14)16)12-15(18)21-13-6-4-3-5-7-13/h3-7,14-15H,8-12H2,1-2H3/t14-,15+,18+/m1/s1. The first-order valence-electron chi connectivity index (χ1n) is 8.28. The first-order valence-corrected chi connectivity index (χ1v) is 9.16. The molecular weight excluding hydrogens is 278 g/mol. The van der Waals surface area contributed by atoms with E-state index in [1.54, 1.807) is 0 Å². The summed E-state index contributed by atoms with van der Waals surface area (Å²) in [4.78, 5) is 8.07. The largest absolute Gasteiger partial charge is 0.290 e. The Bertz CT molecular complexity index is 582. The second-order valence-corrected chi connectivity index (χ2v) is 9.23. The number of hydrogen-bond donors (Lipinski definition) is 0. The van der Waals surface area contributed by atoms with Crippen molar-refractivity contribution in [1.29, 1.82) is 0 Å². The zero-order chi connectivity index (χ0) is 14.3. The van der Waals surface area contributed by atoms with Gasteiger partial charge in [-0.15, -0.1) is 11.8 Å². The first kappa shape index (κ1) is 13.0. The Morgan fingerprint density at radius 2 is 1.90 bits per heavy atom. The normalized spacial score (nSPS) is 41.6. The monoisotopic (exact) mass is 301 g/mol. The van der Waals surface area contributed by atoms with Gasteiger partial charge in [0.1, 0.15) is 5.60 Å². The molecule has 4 aliphatic rings. The molecule has 1 aromatic carbocycles. The molecule has 2 heterocycles. The number of rotatable bonds is 2. The third-order valence-electron chi connectivity index (χ3n) is 6.31. The fourth-order valence-electron chi connectivity index (χ4n) is 4.90. The van der Waals surface area contributed by atoms with E-state index < -0.39 is 0 Å². The average molecular weight is 301 g/mol. The van der Waals surface area contributed by atoms with Crippen molar-refractivity contribution in [3.05, 3.63) is 30.3 Å². The van der Waals surface area contributed by atoms with Gasteiger partial charge in [0.05, 0.1) is 0 Å². The van der Waals surface area contributed by atoms with Crippen LogP contribution in [0.15, 0.2) is 35.2 Å². The Morgan fingerprint density at radius 1 is 1.14 bits per heavy atom. The van der Waals surface area contributed by atoms with Crippen molar-refractivity contribution >= 4 is 11.8 Å². The fourth-order valence-corrected chi connectivity index (χ4v) is 6.35. The Labute approximate surface area is 131 Å². The molecule has 0 amide bonds. The Balaban J connectivity index is 1.42. The van der Waals surface area contributed by atoms with E-state index in [0.29, 0.717) is 16.7 Å². The van der Waals surface area contributed by atoms with Crippen molar-refractivity contribution in [3.8, 4) is 0 Å². The highest BCUT2D eigenvalue weighted by Gasteiger charge is 2.82. The van der Waals surface area contributed by atoms with Crippen molar-refractivity contribution in [2.24, 2.45) is 5.41 Å². The van der Waals surface area contributed by atoms with Crippen LogP contribution in [0.1, 0.15) is 46.0 Å². The molecule has 3 heteroatoms. The van der Waals surface area contributed by atoms with Gasteiger partial charge in [0, 0.05) is 27.1 Å². The van der Waals surface area contributed by atoms with Crippen LogP contribution in [0.3, 0.4) is 0 Å². The molecule has 0 bridgehead atoms. The summed E-state index contributed by atoms with van der Waals surface area (Å²) in [7, 11) is 0. The van der Waals surface area contributed by atoms with Crippen LogP contribution in [0, 0.1) is 5.41 Å². The molecular formula is C18H23NOS. The molecule has 3 atom stereocenters. The van der Waals surface area contributed by atoms with Gasteiger partial charge >= 0.3 is 0 Å². The molecule has 0 N–H and O–H groups in total. The summed E-state index contributed by atoms with van der Waals surface area (Å²) in [6.45, 7) is 4.70. The van der Waals surface area contributed by atoms with Gasteiger partial charge in [0.25, 0.3) is 0 Å². The van der Waals surface area contributed by atoms with Crippen LogP contribution >= 0.6 is 11.8 Å². The lowest BCUT2D eigenvalue weighted by Crippen LogP contribution is -2.39. The summed E-state index contributed by atoms with van der Waals surface area (Å²) in [6.07, 6.45) is 6.63. The molecule has 2 spiro atoms. The highest BCUT2D eigenvalue weighted by Crippen LogP contribution is 2.77. The summed E-state index contributed by atoms with van der Waals surface area (Å²) < 4.78 is 0. The molecule has 2 saturated carbocycles. The molecule has 112 valence electrons. The zero-order valence-electron chi connectivity index (χ0n) is 12.8. The van der Waals surface area contributed by atoms with E-state index in [-0.39, 0.29) is 11.1 Å². The average Bonchev–Trinajstić information content (AvgIpc) is 3.31. The molecule has 0 unspecified atom stereocenters. The number of nitrogens with zero attached hydrogens (tertiary/aromatic N) is 1. The fraction of sp³-hybridized carbons (Fsp3) is 0.667. The lowest BCUT2D eigenvalue weighted by molar-refractivity contribution is -0.207.